The third-order valence-electron chi connectivity index (χ3n) is 3.79. The molecule has 1 aliphatic heterocycles. The molecule has 0 bridgehead atoms. The van der Waals surface area contributed by atoms with E-state index < -0.39 is 5.60 Å². The third-order valence-corrected chi connectivity index (χ3v) is 3.79. The number of ether oxygens (including phenoxy) is 1. The second-order valence-corrected chi connectivity index (χ2v) is 5.75. The number of carbonyl (C=O) groups excluding carboxylic acids is 1. The zero-order chi connectivity index (χ0) is 15.5. The number of β-amino-alcohol motifs (C(OH)–C–C–N with tert-alkyl or cyclic N) is 1. The van der Waals surface area contributed by atoms with Crippen LogP contribution in [0, 0.1) is 6.92 Å². The Morgan fingerprint density at radius 3 is 2.81 bits per heavy atom. The van der Waals surface area contributed by atoms with Gasteiger partial charge in [-0.15, -0.1) is 0 Å². The molecule has 0 aromatic heterocycles. The monoisotopic (exact) mass is 289 g/mol. The highest BCUT2D eigenvalue weighted by molar-refractivity contribution is 5.92. The molecular formula is C17H23NO3. The van der Waals surface area contributed by atoms with Crippen molar-refractivity contribution < 1.29 is 14.6 Å². The van der Waals surface area contributed by atoms with Gasteiger partial charge in [0.2, 0.25) is 5.91 Å². The lowest BCUT2D eigenvalue weighted by Gasteiger charge is -2.46. The smallest absolute Gasteiger partial charge is 0.246 e. The van der Waals surface area contributed by atoms with Gasteiger partial charge < -0.3 is 14.7 Å². The maximum atomic E-state index is 12.1. The Bertz CT molecular complexity index is 545. The molecule has 0 spiro atoms. The van der Waals surface area contributed by atoms with E-state index >= 15 is 0 Å². The van der Waals surface area contributed by atoms with Crippen molar-refractivity contribution in [2.24, 2.45) is 0 Å². The van der Waals surface area contributed by atoms with Crippen molar-refractivity contribution in [2.75, 3.05) is 20.2 Å². The fourth-order valence-electron chi connectivity index (χ4n) is 2.69. The van der Waals surface area contributed by atoms with Gasteiger partial charge in [0.05, 0.1) is 25.8 Å². The Hall–Kier alpha value is -1.81. The van der Waals surface area contributed by atoms with E-state index in [4.69, 9.17) is 4.74 Å². The van der Waals surface area contributed by atoms with Crippen molar-refractivity contribution in [3.63, 3.8) is 0 Å². The van der Waals surface area contributed by atoms with E-state index in [9.17, 15) is 9.90 Å². The number of carbonyl (C=O) groups is 1. The molecule has 1 fully saturated rings. The Morgan fingerprint density at radius 1 is 1.48 bits per heavy atom. The van der Waals surface area contributed by atoms with E-state index in [2.05, 4.69) is 0 Å². The minimum atomic E-state index is -0.681. The number of hydrogen-bond donors (Lipinski definition) is 1. The predicted molar refractivity (Wildman–Crippen MR) is 83.2 cm³/mol. The van der Waals surface area contributed by atoms with Gasteiger partial charge in [0.1, 0.15) is 5.75 Å². The van der Waals surface area contributed by atoms with Crippen LogP contribution in [0.3, 0.4) is 0 Å². The Balaban J connectivity index is 1.99. The fraction of sp³-hybridized carbons (Fsp3) is 0.471. The van der Waals surface area contributed by atoms with Gasteiger partial charge in [-0.25, -0.2) is 0 Å². The number of hydrogen-bond acceptors (Lipinski definition) is 3. The molecule has 0 atom stereocenters. The minimum Gasteiger partial charge on any atom is -0.496 e. The summed E-state index contributed by atoms with van der Waals surface area (Å²) in [4.78, 5) is 13.7. The van der Waals surface area contributed by atoms with E-state index in [0.717, 1.165) is 29.7 Å². The first-order valence-corrected chi connectivity index (χ1v) is 7.31. The predicted octanol–water partition coefficient (Wildman–Crippen LogP) is 2.39. The molecule has 1 aromatic carbocycles. The van der Waals surface area contributed by atoms with Crippen LogP contribution in [0.5, 0.6) is 5.75 Å². The van der Waals surface area contributed by atoms with Crippen molar-refractivity contribution >= 4 is 12.0 Å². The van der Waals surface area contributed by atoms with Crippen molar-refractivity contribution in [3.8, 4) is 5.75 Å². The fourth-order valence-corrected chi connectivity index (χ4v) is 2.69. The minimum absolute atomic E-state index is 0.0701. The second kappa shape index (κ2) is 6.31. The topological polar surface area (TPSA) is 49.8 Å². The highest BCUT2D eigenvalue weighted by Crippen LogP contribution is 2.26. The Labute approximate surface area is 126 Å². The molecule has 1 aliphatic rings. The molecule has 1 aromatic rings. The van der Waals surface area contributed by atoms with E-state index in [1.54, 1.807) is 24.2 Å². The maximum absolute atomic E-state index is 12.1. The first-order chi connectivity index (χ1) is 9.97. The van der Waals surface area contributed by atoms with Crippen LogP contribution in [0.2, 0.25) is 0 Å². The number of rotatable bonds is 5. The number of nitrogens with zero attached hydrogens (tertiary/aromatic N) is 1. The van der Waals surface area contributed by atoms with Crippen molar-refractivity contribution in [2.45, 2.75) is 32.3 Å². The summed E-state index contributed by atoms with van der Waals surface area (Å²) < 4.78 is 5.28. The molecule has 1 heterocycles. The van der Waals surface area contributed by atoms with Gasteiger partial charge >= 0.3 is 0 Å². The molecule has 0 radical (unpaired) electrons. The van der Waals surface area contributed by atoms with Crippen LogP contribution < -0.4 is 4.74 Å². The van der Waals surface area contributed by atoms with Gasteiger partial charge in [-0.3, -0.25) is 4.79 Å². The molecule has 2 rings (SSSR count). The van der Waals surface area contributed by atoms with Gasteiger partial charge in [-0.05, 0) is 31.6 Å². The number of aliphatic hydroxyl groups is 1. The summed E-state index contributed by atoms with van der Waals surface area (Å²) in [6.45, 7) is 4.88. The summed E-state index contributed by atoms with van der Waals surface area (Å²) in [6.07, 6.45) is 4.98. The van der Waals surface area contributed by atoms with Crippen molar-refractivity contribution in [3.05, 3.63) is 35.4 Å². The molecule has 1 N–H and O–H groups in total. The molecule has 0 unspecified atom stereocenters. The Kier molecular flexibility index (Phi) is 4.68. The number of likely N-dealkylation sites (tertiary alicyclic amines) is 1. The number of benzene rings is 1. The quantitative estimate of drug-likeness (QED) is 0.847. The van der Waals surface area contributed by atoms with Crippen LogP contribution in [0.1, 0.15) is 30.9 Å². The SMILES string of the molecule is CCCC1(O)CN(C(=O)C=Cc2cc(C)ccc2OC)C1. The highest BCUT2D eigenvalue weighted by atomic mass is 16.5. The van der Waals surface area contributed by atoms with Crippen molar-refractivity contribution in [1.29, 1.82) is 0 Å². The van der Waals surface area contributed by atoms with Crippen LogP contribution in [0.15, 0.2) is 24.3 Å². The molecule has 0 saturated carbocycles. The molecule has 4 nitrogen and oxygen atoms in total. The lowest BCUT2D eigenvalue weighted by Crippen LogP contribution is -2.63. The lowest BCUT2D eigenvalue weighted by atomic mass is 9.89. The van der Waals surface area contributed by atoms with Gasteiger partial charge in [0.15, 0.2) is 0 Å². The molecule has 21 heavy (non-hydrogen) atoms. The van der Waals surface area contributed by atoms with Crippen LogP contribution in [0.25, 0.3) is 6.08 Å². The molecule has 1 saturated heterocycles. The van der Waals surface area contributed by atoms with Gasteiger partial charge in [0, 0.05) is 11.6 Å². The van der Waals surface area contributed by atoms with Crippen LogP contribution >= 0.6 is 0 Å². The largest absolute Gasteiger partial charge is 0.496 e. The average Bonchev–Trinajstić information content (AvgIpc) is 2.42. The standard InChI is InChI=1S/C17H23NO3/c1-4-9-17(20)11-18(12-17)16(19)8-6-14-10-13(2)5-7-15(14)21-3/h5-8,10,20H,4,9,11-12H2,1-3H3. The van der Waals surface area contributed by atoms with Crippen LogP contribution in [0.4, 0.5) is 0 Å². The summed E-state index contributed by atoms with van der Waals surface area (Å²) >= 11 is 0. The van der Waals surface area contributed by atoms with Crippen molar-refractivity contribution in [1.82, 2.24) is 4.90 Å². The number of aryl methyl sites for hydroxylation is 1. The summed E-state index contributed by atoms with van der Waals surface area (Å²) in [5, 5.41) is 10.1. The third kappa shape index (κ3) is 3.64. The van der Waals surface area contributed by atoms with Crippen LogP contribution in [-0.4, -0.2) is 41.7 Å². The number of amides is 1. The van der Waals surface area contributed by atoms with Gasteiger partial charge in [0.25, 0.3) is 0 Å². The second-order valence-electron chi connectivity index (χ2n) is 5.75. The van der Waals surface area contributed by atoms with Crippen LogP contribution in [-0.2, 0) is 4.79 Å². The summed E-state index contributed by atoms with van der Waals surface area (Å²) in [7, 11) is 1.62. The zero-order valence-corrected chi connectivity index (χ0v) is 12.9. The maximum Gasteiger partial charge on any atom is 0.246 e. The van der Waals surface area contributed by atoms with Gasteiger partial charge in [-0.2, -0.15) is 0 Å². The molecule has 1 amide bonds. The molecular weight excluding hydrogens is 266 g/mol. The normalized spacial score (nSPS) is 16.9. The summed E-state index contributed by atoms with van der Waals surface area (Å²) in [5.74, 6) is 0.676. The molecule has 114 valence electrons. The van der Waals surface area contributed by atoms with E-state index in [0.29, 0.717) is 13.1 Å². The zero-order valence-electron chi connectivity index (χ0n) is 12.9. The molecule has 4 heteroatoms. The highest BCUT2D eigenvalue weighted by Gasteiger charge is 2.41. The first kappa shape index (κ1) is 15.6. The lowest BCUT2D eigenvalue weighted by molar-refractivity contribution is -0.151. The summed E-state index contributed by atoms with van der Waals surface area (Å²) in [6, 6.07) is 5.84. The Morgan fingerprint density at radius 2 is 2.19 bits per heavy atom. The van der Waals surface area contributed by atoms with E-state index in [1.807, 2.05) is 32.0 Å². The first-order valence-electron chi connectivity index (χ1n) is 7.31. The number of methoxy groups -OCH3 is 1. The van der Waals surface area contributed by atoms with E-state index in [1.165, 1.54) is 0 Å². The summed E-state index contributed by atoms with van der Waals surface area (Å²) in [5.41, 5.74) is 1.32. The average molecular weight is 289 g/mol. The molecule has 0 aliphatic carbocycles. The van der Waals surface area contributed by atoms with Gasteiger partial charge in [-0.1, -0.05) is 25.0 Å². The van der Waals surface area contributed by atoms with E-state index in [-0.39, 0.29) is 5.91 Å².